The number of allylic oxidation sites excluding steroid dienone is 4. The van der Waals surface area contributed by atoms with Crippen LogP contribution in [0.5, 0.6) is 0 Å². The monoisotopic (exact) mass is 222 g/mol. The smallest absolute Gasteiger partial charge is 0.228 e. The number of halogens is 3. The van der Waals surface area contributed by atoms with Gasteiger partial charge in [-0.25, -0.2) is 8.78 Å². The molecule has 0 N–H and O–H groups in total. The Balaban J connectivity index is 2.97. The normalized spacial score (nSPS) is 36.6. The van der Waals surface area contributed by atoms with Crippen LogP contribution < -0.4 is 0 Å². The number of carbonyl (C=O) groups is 1. The Kier molecular flexibility index (Phi) is 2.23. The highest BCUT2D eigenvalue weighted by Gasteiger charge is 2.41. The minimum Gasteiger partial charge on any atom is -0.303 e. The van der Waals surface area contributed by atoms with Gasteiger partial charge in [-0.15, -0.1) is 0 Å². The fraction of sp³-hybridized carbons (Fsp3) is 0.286. The molecule has 0 aromatic heterocycles. The summed E-state index contributed by atoms with van der Waals surface area (Å²) in [5.41, 5.74) is 0. The van der Waals surface area contributed by atoms with Crippen molar-refractivity contribution < 1.29 is 13.6 Å². The van der Waals surface area contributed by atoms with Crippen molar-refractivity contribution in [3.8, 4) is 0 Å². The van der Waals surface area contributed by atoms with E-state index in [0.29, 0.717) is 6.29 Å². The Hall–Kier alpha value is -0.510. The number of hydrogen-bond acceptors (Lipinski definition) is 1. The van der Waals surface area contributed by atoms with Crippen molar-refractivity contribution in [3.05, 3.63) is 24.1 Å². The molecule has 0 radical (unpaired) electrons. The first-order chi connectivity index (χ1) is 5.09. The third kappa shape index (κ3) is 1.40. The summed E-state index contributed by atoms with van der Waals surface area (Å²) in [6, 6.07) is 0. The molecule has 0 saturated heterocycles. The van der Waals surface area contributed by atoms with Crippen molar-refractivity contribution in [2.45, 2.75) is 4.58 Å². The van der Waals surface area contributed by atoms with E-state index in [1.54, 1.807) is 0 Å². The molecule has 2 atom stereocenters. The van der Waals surface area contributed by atoms with Crippen LogP contribution in [0.4, 0.5) is 8.78 Å². The van der Waals surface area contributed by atoms with Gasteiger partial charge in [-0.05, 0) is 22.0 Å². The van der Waals surface area contributed by atoms with E-state index < -0.39 is 16.3 Å². The van der Waals surface area contributed by atoms with Gasteiger partial charge in [0.2, 0.25) is 4.58 Å². The number of aldehydes is 1. The van der Waals surface area contributed by atoms with Crippen LogP contribution in [-0.4, -0.2) is 10.9 Å². The molecule has 4 heteroatoms. The van der Waals surface area contributed by atoms with Gasteiger partial charge in [-0.1, -0.05) is 12.2 Å². The molecule has 11 heavy (non-hydrogen) atoms. The maximum atomic E-state index is 13.1. The molecular formula is C7H5BrF2O. The molecule has 0 aromatic carbocycles. The Morgan fingerprint density at radius 3 is 2.82 bits per heavy atom. The lowest BCUT2D eigenvalue weighted by Gasteiger charge is -2.22. The molecule has 0 aliphatic heterocycles. The summed E-state index contributed by atoms with van der Waals surface area (Å²) in [7, 11) is 0. The molecule has 2 unspecified atom stereocenters. The standard InChI is InChI=1S/C7H5BrF2O/c8-7(10)5(4-11)2-1-3-6(7)9/h1-5H. The van der Waals surface area contributed by atoms with E-state index in [1.807, 2.05) is 0 Å². The number of rotatable bonds is 1. The molecule has 0 fully saturated rings. The van der Waals surface area contributed by atoms with Crippen LogP contribution in [0.1, 0.15) is 0 Å². The zero-order chi connectivity index (χ0) is 8.48. The largest absolute Gasteiger partial charge is 0.303 e. The van der Waals surface area contributed by atoms with Gasteiger partial charge in [-0.2, -0.15) is 0 Å². The molecule has 0 aromatic rings. The third-order valence-electron chi connectivity index (χ3n) is 1.44. The molecular weight excluding hydrogens is 218 g/mol. The zero-order valence-electron chi connectivity index (χ0n) is 5.43. The summed E-state index contributed by atoms with van der Waals surface area (Å²) in [6.45, 7) is 0. The van der Waals surface area contributed by atoms with Crippen LogP contribution in [0.15, 0.2) is 24.1 Å². The lowest BCUT2D eigenvalue weighted by atomic mass is 10.00. The van der Waals surface area contributed by atoms with Crippen LogP contribution in [-0.2, 0) is 4.79 Å². The SMILES string of the molecule is O=CC1C=CC=C(F)C1(F)Br. The summed E-state index contributed by atoms with van der Waals surface area (Å²) in [5.74, 6) is -2.05. The van der Waals surface area contributed by atoms with Gasteiger partial charge in [0, 0.05) is 0 Å². The maximum absolute atomic E-state index is 13.1. The Morgan fingerprint density at radius 1 is 1.73 bits per heavy atom. The van der Waals surface area contributed by atoms with E-state index in [9.17, 15) is 13.6 Å². The van der Waals surface area contributed by atoms with Gasteiger partial charge in [0.1, 0.15) is 12.1 Å². The summed E-state index contributed by atoms with van der Waals surface area (Å²) < 4.78 is 23.4. The Bertz CT molecular complexity index is 233. The molecule has 1 rings (SSSR count). The van der Waals surface area contributed by atoms with E-state index in [2.05, 4.69) is 15.9 Å². The van der Waals surface area contributed by atoms with Gasteiger partial charge in [0.15, 0.2) is 0 Å². The highest BCUT2D eigenvalue weighted by molar-refractivity contribution is 9.10. The van der Waals surface area contributed by atoms with Gasteiger partial charge in [0.25, 0.3) is 0 Å². The summed E-state index contributed by atoms with van der Waals surface area (Å²) in [6.07, 6.45) is 3.95. The fourth-order valence-corrected chi connectivity index (χ4v) is 1.17. The van der Waals surface area contributed by atoms with Crippen LogP contribution in [0.3, 0.4) is 0 Å². The van der Waals surface area contributed by atoms with E-state index >= 15 is 0 Å². The average molecular weight is 223 g/mol. The van der Waals surface area contributed by atoms with Crippen molar-refractivity contribution >= 4 is 22.2 Å². The number of alkyl halides is 2. The van der Waals surface area contributed by atoms with Crippen LogP contribution in [0, 0.1) is 5.92 Å². The minimum atomic E-state index is -2.34. The van der Waals surface area contributed by atoms with Crippen molar-refractivity contribution in [1.29, 1.82) is 0 Å². The highest BCUT2D eigenvalue weighted by Crippen LogP contribution is 2.39. The van der Waals surface area contributed by atoms with Gasteiger partial charge in [-0.3, -0.25) is 0 Å². The highest BCUT2D eigenvalue weighted by atomic mass is 79.9. The molecule has 1 aliphatic rings. The van der Waals surface area contributed by atoms with E-state index in [0.717, 1.165) is 6.08 Å². The second kappa shape index (κ2) is 2.85. The molecule has 0 amide bonds. The van der Waals surface area contributed by atoms with Gasteiger partial charge in [0.05, 0.1) is 5.92 Å². The van der Waals surface area contributed by atoms with Crippen LogP contribution >= 0.6 is 15.9 Å². The topological polar surface area (TPSA) is 17.1 Å². The van der Waals surface area contributed by atoms with Crippen molar-refractivity contribution in [1.82, 2.24) is 0 Å². The second-order valence-corrected chi connectivity index (χ2v) is 3.34. The summed E-state index contributed by atoms with van der Waals surface area (Å²) in [5, 5.41) is 0. The zero-order valence-corrected chi connectivity index (χ0v) is 7.01. The summed E-state index contributed by atoms with van der Waals surface area (Å²) >= 11 is 2.49. The maximum Gasteiger partial charge on any atom is 0.228 e. The van der Waals surface area contributed by atoms with Crippen molar-refractivity contribution in [3.63, 3.8) is 0 Å². The molecule has 0 spiro atoms. The first-order valence-corrected chi connectivity index (χ1v) is 3.76. The van der Waals surface area contributed by atoms with Gasteiger partial charge >= 0.3 is 0 Å². The number of carbonyl (C=O) groups excluding carboxylic acids is 1. The second-order valence-electron chi connectivity index (χ2n) is 2.18. The lowest BCUT2D eigenvalue weighted by Crippen LogP contribution is -2.28. The molecule has 60 valence electrons. The predicted octanol–water partition coefficient (Wildman–Crippen LogP) is 2.29. The minimum absolute atomic E-state index is 0.359. The summed E-state index contributed by atoms with van der Waals surface area (Å²) in [4.78, 5) is 10.2. The third-order valence-corrected chi connectivity index (χ3v) is 2.35. The molecule has 0 bridgehead atoms. The average Bonchev–Trinajstić information content (AvgIpc) is 1.95. The van der Waals surface area contributed by atoms with Crippen molar-refractivity contribution in [2.75, 3.05) is 0 Å². The van der Waals surface area contributed by atoms with Crippen LogP contribution in [0.2, 0.25) is 0 Å². The van der Waals surface area contributed by atoms with Crippen LogP contribution in [0.25, 0.3) is 0 Å². The van der Waals surface area contributed by atoms with E-state index in [4.69, 9.17) is 0 Å². The molecule has 1 nitrogen and oxygen atoms in total. The van der Waals surface area contributed by atoms with Gasteiger partial charge < -0.3 is 4.79 Å². The van der Waals surface area contributed by atoms with E-state index in [-0.39, 0.29) is 0 Å². The Morgan fingerprint density at radius 2 is 2.36 bits per heavy atom. The lowest BCUT2D eigenvalue weighted by molar-refractivity contribution is -0.111. The molecule has 0 saturated carbocycles. The molecule has 1 aliphatic carbocycles. The Labute approximate surface area is 70.9 Å². The number of hydrogen-bond donors (Lipinski definition) is 0. The molecule has 0 heterocycles. The first-order valence-electron chi connectivity index (χ1n) is 2.96. The fourth-order valence-electron chi connectivity index (χ4n) is 0.782. The predicted molar refractivity (Wildman–Crippen MR) is 40.7 cm³/mol. The van der Waals surface area contributed by atoms with E-state index in [1.165, 1.54) is 12.2 Å². The van der Waals surface area contributed by atoms with Crippen molar-refractivity contribution in [2.24, 2.45) is 5.92 Å². The quantitative estimate of drug-likeness (QED) is 0.492. The first kappa shape index (κ1) is 8.59.